The number of thiophene rings is 2. The Kier molecular flexibility index (Phi) is 25.7. The molecule has 0 amide bonds. The van der Waals surface area contributed by atoms with E-state index in [2.05, 4.69) is 109 Å². The molecule has 0 saturated heterocycles. The van der Waals surface area contributed by atoms with Crippen LogP contribution in [0.5, 0.6) is 11.5 Å². The number of carbonyl (C=O) groups excluding carboxylic acids is 2. The van der Waals surface area contributed by atoms with Crippen molar-refractivity contribution in [2.24, 2.45) is 0 Å². The molecule has 11 rings (SSSR count). The van der Waals surface area contributed by atoms with E-state index < -0.39 is 0 Å². The van der Waals surface area contributed by atoms with Gasteiger partial charge < -0.3 is 14.0 Å². The fourth-order valence-corrected chi connectivity index (χ4v) is 17.1. The molecule has 0 saturated carbocycles. The molecule has 0 spiro atoms. The first-order valence-corrected chi connectivity index (χ1v) is 40.4. The maximum Gasteiger partial charge on any atom is 0.236 e. The van der Waals surface area contributed by atoms with Gasteiger partial charge in [-0.1, -0.05) is 261 Å². The number of ketones is 2. The number of unbranched alkanes of at least 4 members (excludes halogenated alkanes) is 29. The maximum absolute atomic E-state index is 14.8. The van der Waals surface area contributed by atoms with E-state index in [0.29, 0.717) is 29.0 Å². The molecule has 9 nitrogen and oxygen atoms in total. The molecule has 0 aliphatic carbocycles. The van der Waals surface area contributed by atoms with Gasteiger partial charge in [0.25, 0.3) is 0 Å². The molecule has 9 aromatic rings. The Morgan fingerprint density at radius 2 is 0.796 bits per heavy atom. The first-order chi connectivity index (χ1) is 47.7. The maximum atomic E-state index is 14.8. The number of nitrogens with zero attached hydrogens (tertiary/aromatic N) is 5. The lowest BCUT2D eigenvalue weighted by Gasteiger charge is -2.24. The number of Topliss-reactive ketones (excluding diaryl/α,β-unsaturated/α-hetero) is 2. The standard InChI is InChI=1S/C87H113N5O4S2/c1-10-14-17-20-23-26-29-31-34-37-40-43-63-62(45-46-65-80(93)84(95-82(63)65)85-81(94)66-47-48-69(86(5,6)7)64(83(66)96-85)44-41-38-35-32-30-27-24-21-18-15-11-2)70-56-89-71(57-88-70)77-52-60-50-67-68-51-61-53-78(72-58-91-79(59-90-72)87(8,9)13-4)98-76(61)55-74(68)92(73(67)54-75(60)97-77)49-42-39-36-33-28-25-22-19-16-12-3/h45-48,50-59H,10-44,49H2,1-9H3/b85-84+. The van der Waals surface area contributed by atoms with Gasteiger partial charge >= 0.3 is 0 Å². The lowest BCUT2D eigenvalue weighted by molar-refractivity contribution is 0.0960. The largest absolute Gasteiger partial charge is 0.448 e. The van der Waals surface area contributed by atoms with E-state index in [1.54, 1.807) is 11.3 Å². The summed E-state index contributed by atoms with van der Waals surface area (Å²) in [6.45, 7) is 21.2. The number of allylic oxidation sites excluding steroid dienone is 2. The van der Waals surface area contributed by atoms with Gasteiger partial charge in [-0.3, -0.25) is 29.5 Å². The van der Waals surface area contributed by atoms with E-state index in [-0.39, 0.29) is 33.9 Å². The average molecular weight is 1360 g/mol. The van der Waals surface area contributed by atoms with Crippen LogP contribution in [0, 0.1) is 0 Å². The Morgan fingerprint density at radius 3 is 1.22 bits per heavy atom. The van der Waals surface area contributed by atoms with Crippen LogP contribution in [0.15, 0.2) is 97.0 Å². The van der Waals surface area contributed by atoms with Crippen molar-refractivity contribution in [2.75, 3.05) is 0 Å². The molecule has 0 bridgehead atoms. The van der Waals surface area contributed by atoms with Crippen molar-refractivity contribution in [1.29, 1.82) is 0 Å². The summed E-state index contributed by atoms with van der Waals surface area (Å²) < 4.78 is 18.6. The van der Waals surface area contributed by atoms with Crippen molar-refractivity contribution in [3.05, 3.63) is 130 Å². The summed E-state index contributed by atoms with van der Waals surface area (Å²) in [5.74, 6) is 0.476. The Morgan fingerprint density at radius 1 is 0.408 bits per heavy atom. The molecule has 2 aliphatic rings. The summed E-state index contributed by atoms with van der Waals surface area (Å²) >= 11 is 3.58. The lowest BCUT2D eigenvalue weighted by atomic mass is 9.81. The fourth-order valence-electron chi connectivity index (χ4n) is 15.0. The molecular formula is C87H113N5O4S2. The molecule has 2 aliphatic heterocycles. The quantitative estimate of drug-likeness (QED) is 0.0276. The first kappa shape index (κ1) is 72.7. The van der Waals surface area contributed by atoms with Gasteiger partial charge in [0.15, 0.2) is 0 Å². The number of fused-ring (bicyclic) bond motifs is 7. The van der Waals surface area contributed by atoms with Gasteiger partial charge in [0.2, 0.25) is 23.1 Å². The second kappa shape index (κ2) is 34.7. The highest BCUT2D eigenvalue weighted by Gasteiger charge is 2.42. The highest BCUT2D eigenvalue weighted by atomic mass is 32.1. The molecule has 98 heavy (non-hydrogen) atoms. The van der Waals surface area contributed by atoms with Crippen LogP contribution < -0.4 is 9.47 Å². The van der Waals surface area contributed by atoms with Crippen LogP contribution >= 0.6 is 22.7 Å². The Bertz CT molecular complexity index is 4180. The van der Waals surface area contributed by atoms with E-state index in [0.717, 1.165) is 107 Å². The highest BCUT2D eigenvalue weighted by molar-refractivity contribution is 7.22. The van der Waals surface area contributed by atoms with Crippen LogP contribution in [-0.2, 0) is 30.2 Å². The van der Waals surface area contributed by atoms with Crippen LogP contribution in [0.2, 0.25) is 0 Å². The molecule has 0 fully saturated rings. The van der Waals surface area contributed by atoms with E-state index in [1.165, 1.54) is 214 Å². The van der Waals surface area contributed by atoms with E-state index in [1.807, 2.05) is 54.3 Å². The minimum absolute atomic E-state index is 0.00341. The third kappa shape index (κ3) is 17.4. The monoisotopic (exact) mass is 1360 g/mol. The van der Waals surface area contributed by atoms with Gasteiger partial charge in [-0.05, 0) is 114 Å². The predicted molar refractivity (Wildman–Crippen MR) is 415 cm³/mol. The summed E-state index contributed by atoms with van der Waals surface area (Å²) in [5.41, 5.74) is 10.9. The van der Waals surface area contributed by atoms with Gasteiger partial charge in [0.05, 0.1) is 73.3 Å². The Labute approximate surface area is 594 Å². The van der Waals surface area contributed by atoms with Crippen LogP contribution in [0.4, 0.5) is 0 Å². The third-order valence-corrected chi connectivity index (χ3v) is 23.7. The number of carbonyl (C=O) groups is 2. The van der Waals surface area contributed by atoms with Gasteiger partial charge in [0, 0.05) is 49.5 Å². The van der Waals surface area contributed by atoms with Crippen molar-refractivity contribution in [3.8, 4) is 43.9 Å². The van der Waals surface area contributed by atoms with Gasteiger partial charge in [-0.15, -0.1) is 22.7 Å². The number of aromatic nitrogens is 5. The van der Waals surface area contributed by atoms with Gasteiger partial charge in [0.1, 0.15) is 11.5 Å². The molecule has 0 N–H and O–H groups in total. The molecular weight excluding hydrogens is 1240 g/mol. The zero-order chi connectivity index (χ0) is 68.6. The van der Waals surface area contributed by atoms with E-state index in [9.17, 15) is 9.59 Å². The number of benzene rings is 4. The molecule has 5 aromatic heterocycles. The van der Waals surface area contributed by atoms with E-state index in [4.69, 9.17) is 29.4 Å². The summed E-state index contributed by atoms with van der Waals surface area (Å²) in [6, 6.07) is 22.1. The topological polar surface area (TPSA) is 109 Å². The number of hydrogen-bond donors (Lipinski definition) is 0. The number of hydrogen-bond acceptors (Lipinski definition) is 10. The minimum atomic E-state index is -0.314. The second-order valence-electron chi connectivity index (χ2n) is 30.5. The first-order valence-electron chi connectivity index (χ1n) is 38.8. The summed E-state index contributed by atoms with van der Waals surface area (Å²) in [5, 5.41) is 4.98. The second-order valence-corrected chi connectivity index (χ2v) is 32.6. The zero-order valence-corrected chi connectivity index (χ0v) is 62.9. The van der Waals surface area contributed by atoms with E-state index >= 15 is 0 Å². The molecule has 0 unspecified atom stereocenters. The average Bonchev–Trinajstić information content (AvgIpc) is 1.58. The summed E-state index contributed by atoms with van der Waals surface area (Å²) in [4.78, 5) is 51.8. The molecule has 0 radical (unpaired) electrons. The van der Waals surface area contributed by atoms with Gasteiger partial charge in [-0.25, -0.2) is 0 Å². The Balaban J connectivity index is 0.854. The van der Waals surface area contributed by atoms with Crippen LogP contribution in [0.25, 0.3) is 74.4 Å². The SMILES string of the molecule is CCCCCCCCCCCCCc1c(-c2cnc(-c3cc4cc5c6cc7cc(-c8cnc(C(C)(C)CC)cn8)sc7cc6n(CCCCCCCCCCCC)c5cc4s3)cn2)ccc2c1O/C(=C1/Oc3c(ccc(C(C)(C)C)c3CCCCCCCCCCCCC)C1=O)C2=O. The number of rotatable bonds is 40. The van der Waals surface area contributed by atoms with Crippen LogP contribution in [0.3, 0.4) is 0 Å². The van der Waals surface area contributed by atoms with Crippen LogP contribution in [-0.4, -0.2) is 36.1 Å². The van der Waals surface area contributed by atoms with Crippen molar-refractivity contribution in [1.82, 2.24) is 24.5 Å². The summed E-state index contributed by atoms with van der Waals surface area (Å²) in [6.07, 6.45) is 50.8. The molecule has 0 atom stereocenters. The minimum Gasteiger partial charge on any atom is -0.448 e. The molecule has 522 valence electrons. The predicted octanol–water partition coefficient (Wildman–Crippen LogP) is 26.5. The zero-order valence-electron chi connectivity index (χ0n) is 61.2. The van der Waals surface area contributed by atoms with Crippen molar-refractivity contribution in [2.45, 2.75) is 304 Å². The number of ether oxygens (including phenoxy) is 2. The molecule has 7 heterocycles. The van der Waals surface area contributed by atoms with Crippen molar-refractivity contribution < 1.29 is 19.1 Å². The van der Waals surface area contributed by atoms with Crippen molar-refractivity contribution >= 4 is 76.2 Å². The number of aryl methyl sites for hydroxylation is 1. The molecule has 11 heteroatoms. The summed E-state index contributed by atoms with van der Waals surface area (Å²) in [7, 11) is 0. The fraction of sp³-hybridized carbons (Fsp3) is 0.540. The lowest BCUT2D eigenvalue weighted by Crippen LogP contribution is -2.17. The third-order valence-electron chi connectivity index (χ3n) is 21.4. The molecule has 4 aromatic carbocycles. The highest BCUT2D eigenvalue weighted by Crippen LogP contribution is 2.48. The normalized spacial score (nSPS) is 14.1. The van der Waals surface area contributed by atoms with Crippen LogP contribution in [0.1, 0.15) is 317 Å². The van der Waals surface area contributed by atoms with Crippen molar-refractivity contribution in [3.63, 3.8) is 0 Å². The smallest absolute Gasteiger partial charge is 0.236 e. The Hall–Kier alpha value is -6.56. The van der Waals surface area contributed by atoms with Gasteiger partial charge in [-0.2, -0.15) is 0 Å².